The van der Waals surface area contributed by atoms with Crippen LogP contribution in [0.5, 0.6) is 0 Å². The van der Waals surface area contributed by atoms with E-state index in [1.54, 1.807) is 13.0 Å². The van der Waals surface area contributed by atoms with E-state index in [-0.39, 0.29) is 4.90 Å². The van der Waals surface area contributed by atoms with Gasteiger partial charge in [0, 0.05) is 30.8 Å². The minimum Gasteiger partial charge on any atom is -0.282 e. The van der Waals surface area contributed by atoms with Crippen LogP contribution in [-0.2, 0) is 23.0 Å². The van der Waals surface area contributed by atoms with Crippen molar-refractivity contribution in [3.05, 3.63) is 34.1 Å². The van der Waals surface area contributed by atoms with E-state index < -0.39 is 10.0 Å². The van der Waals surface area contributed by atoms with Gasteiger partial charge in [0.2, 0.25) is 10.0 Å². The number of benzene rings is 1. The normalized spacial score (nSPS) is 15.8. The van der Waals surface area contributed by atoms with Gasteiger partial charge in [-0.25, -0.2) is 13.0 Å². The third kappa shape index (κ3) is 2.08. The summed E-state index contributed by atoms with van der Waals surface area (Å²) in [6, 6.07) is 1.80. The van der Waals surface area contributed by atoms with Crippen molar-refractivity contribution in [3.8, 4) is 0 Å². The van der Waals surface area contributed by atoms with Crippen molar-refractivity contribution in [3.63, 3.8) is 0 Å². The molecule has 0 saturated heterocycles. The van der Waals surface area contributed by atoms with Crippen molar-refractivity contribution in [2.75, 3.05) is 6.54 Å². The number of fused-ring (bicyclic) bond motifs is 2. The van der Waals surface area contributed by atoms with Crippen molar-refractivity contribution in [1.82, 2.24) is 24.8 Å². The standard InChI is InChI=1S/C15H17N5O3S/c1-8-6-9(2)15(14-13(8)18-23-19-14)24(21,22)20-5-4-12-11(7-20)10(3)16-17-12/h6H,4-5,7H2,1-3H3,(H,16,17). The number of aryl methyl sites for hydroxylation is 3. The van der Waals surface area contributed by atoms with Gasteiger partial charge in [0.05, 0.1) is 5.69 Å². The van der Waals surface area contributed by atoms with Crippen LogP contribution in [0, 0.1) is 20.8 Å². The third-order valence-corrected chi connectivity index (χ3v) is 6.58. The van der Waals surface area contributed by atoms with E-state index >= 15 is 0 Å². The van der Waals surface area contributed by atoms with Gasteiger partial charge in [-0.2, -0.15) is 9.40 Å². The molecule has 4 rings (SSSR count). The Morgan fingerprint density at radius 2 is 1.92 bits per heavy atom. The number of nitrogens with zero attached hydrogens (tertiary/aromatic N) is 4. The van der Waals surface area contributed by atoms with Gasteiger partial charge in [0.1, 0.15) is 10.4 Å². The maximum Gasteiger partial charge on any atom is 0.246 e. The van der Waals surface area contributed by atoms with Crippen molar-refractivity contribution in [2.45, 2.75) is 38.6 Å². The van der Waals surface area contributed by atoms with E-state index in [9.17, 15) is 8.42 Å². The molecule has 0 fully saturated rings. The van der Waals surface area contributed by atoms with Gasteiger partial charge < -0.3 is 0 Å². The van der Waals surface area contributed by atoms with E-state index in [1.807, 2.05) is 13.8 Å². The molecule has 8 nitrogen and oxygen atoms in total. The molecule has 0 spiro atoms. The molecule has 1 aromatic carbocycles. The molecule has 0 unspecified atom stereocenters. The smallest absolute Gasteiger partial charge is 0.246 e. The summed E-state index contributed by atoms with van der Waals surface area (Å²) in [7, 11) is -3.71. The van der Waals surface area contributed by atoms with Crippen LogP contribution in [0.25, 0.3) is 11.0 Å². The maximum atomic E-state index is 13.3. The predicted octanol–water partition coefficient (Wildman–Crippen LogP) is 1.62. The summed E-state index contributed by atoms with van der Waals surface area (Å²) in [5.74, 6) is 0. The maximum absolute atomic E-state index is 13.3. The van der Waals surface area contributed by atoms with E-state index in [1.165, 1.54) is 4.31 Å². The highest BCUT2D eigenvalue weighted by Crippen LogP contribution is 2.32. The molecule has 0 amide bonds. The second-order valence-electron chi connectivity index (χ2n) is 6.16. The van der Waals surface area contributed by atoms with Crippen LogP contribution in [0.3, 0.4) is 0 Å². The molecule has 24 heavy (non-hydrogen) atoms. The Bertz CT molecular complexity index is 1050. The highest BCUT2D eigenvalue weighted by atomic mass is 32.2. The molecule has 2 aromatic heterocycles. The van der Waals surface area contributed by atoms with Crippen LogP contribution in [0.2, 0.25) is 0 Å². The Morgan fingerprint density at radius 1 is 1.17 bits per heavy atom. The number of rotatable bonds is 2. The first-order chi connectivity index (χ1) is 11.4. The number of hydrogen-bond donors (Lipinski definition) is 1. The molecule has 1 aliphatic heterocycles. The van der Waals surface area contributed by atoms with E-state index in [4.69, 9.17) is 4.63 Å². The second kappa shape index (κ2) is 5.12. The number of nitrogens with one attached hydrogen (secondary N) is 1. The van der Waals surface area contributed by atoms with Crippen molar-refractivity contribution >= 4 is 21.1 Å². The third-order valence-electron chi connectivity index (χ3n) is 4.56. The lowest BCUT2D eigenvalue weighted by molar-refractivity contribution is 0.314. The Kier molecular flexibility index (Phi) is 3.26. The summed E-state index contributed by atoms with van der Waals surface area (Å²) in [5, 5.41) is 14.8. The molecule has 1 aliphatic rings. The van der Waals surface area contributed by atoms with E-state index in [0.29, 0.717) is 36.1 Å². The van der Waals surface area contributed by atoms with Gasteiger partial charge in [0.25, 0.3) is 0 Å². The van der Waals surface area contributed by atoms with Gasteiger partial charge >= 0.3 is 0 Å². The Hall–Kier alpha value is -2.26. The molecule has 0 saturated carbocycles. The summed E-state index contributed by atoms with van der Waals surface area (Å²) in [5.41, 5.74) is 5.05. The van der Waals surface area contributed by atoms with Crippen molar-refractivity contribution in [1.29, 1.82) is 0 Å². The molecule has 1 N–H and O–H groups in total. The SMILES string of the molecule is Cc1cc(C)c2nonc2c1S(=O)(=O)N1CCc2n[nH]c(C)c2C1. The first-order valence-corrected chi connectivity index (χ1v) is 9.09. The monoisotopic (exact) mass is 347 g/mol. The first kappa shape index (κ1) is 15.3. The van der Waals surface area contributed by atoms with Crippen molar-refractivity contribution in [2.24, 2.45) is 0 Å². The number of aromatic amines is 1. The average molecular weight is 347 g/mol. The number of sulfonamides is 1. The fourth-order valence-corrected chi connectivity index (χ4v) is 5.04. The van der Waals surface area contributed by atoms with Gasteiger partial charge in [-0.1, -0.05) is 6.07 Å². The quantitative estimate of drug-likeness (QED) is 0.755. The molecular formula is C15H17N5O3S. The first-order valence-electron chi connectivity index (χ1n) is 7.65. The lowest BCUT2D eigenvalue weighted by Crippen LogP contribution is -2.36. The van der Waals surface area contributed by atoms with Gasteiger partial charge in [-0.3, -0.25) is 5.10 Å². The molecule has 0 aliphatic carbocycles. The van der Waals surface area contributed by atoms with Crippen LogP contribution < -0.4 is 0 Å². The Labute approximate surface area is 138 Å². The largest absolute Gasteiger partial charge is 0.282 e. The highest BCUT2D eigenvalue weighted by Gasteiger charge is 2.34. The predicted molar refractivity (Wildman–Crippen MR) is 85.9 cm³/mol. The van der Waals surface area contributed by atoms with Crippen LogP contribution in [0.4, 0.5) is 0 Å². The van der Waals surface area contributed by atoms with Gasteiger partial charge in [0.15, 0.2) is 5.52 Å². The molecule has 9 heteroatoms. The zero-order chi connectivity index (χ0) is 17.1. The molecule has 126 valence electrons. The van der Waals surface area contributed by atoms with Crippen LogP contribution >= 0.6 is 0 Å². The van der Waals surface area contributed by atoms with E-state index in [0.717, 1.165) is 22.5 Å². The molecule has 0 bridgehead atoms. The minimum absolute atomic E-state index is 0.175. The van der Waals surface area contributed by atoms with Gasteiger partial charge in [-0.15, -0.1) is 0 Å². The Morgan fingerprint density at radius 3 is 2.71 bits per heavy atom. The summed E-state index contributed by atoms with van der Waals surface area (Å²) < 4.78 is 32.8. The number of H-pyrrole nitrogens is 1. The van der Waals surface area contributed by atoms with Crippen LogP contribution in [-0.4, -0.2) is 39.8 Å². The highest BCUT2D eigenvalue weighted by molar-refractivity contribution is 7.89. The van der Waals surface area contributed by atoms with Crippen LogP contribution in [0.15, 0.2) is 15.6 Å². The lowest BCUT2D eigenvalue weighted by atomic mass is 10.1. The summed E-state index contributed by atoms with van der Waals surface area (Å²) in [6.45, 7) is 6.23. The lowest BCUT2D eigenvalue weighted by Gasteiger charge is -2.26. The molecular weight excluding hydrogens is 330 g/mol. The fourth-order valence-electron chi connectivity index (χ4n) is 3.31. The molecule has 3 aromatic rings. The topological polar surface area (TPSA) is 105 Å². The summed E-state index contributed by atoms with van der Waals surface area (Å²) >= 11 is 0. The summed E-state index contributed by atoms with van der Waals surface area (Å²) in [4.78, 5) is 0.175. The molecule has 0 radical (unpaired) electrons. The average Bonchev–Trinajstić information content (AvgIpc) is 3.14. The fraction of sp³-hybridized carbons (Fsp3) is 0.400. The number of hydrogen-bond acceptors (Lipinski definition) is 6. The van der Waals surface area contributed by atoms with E-state index in [2.05, 4.69) is 20.5 Å². The van der Waals surface area contributed by atoms with Gasteiger partial charge in [-0.05, 0) is 42.2 Å². The number of aromatic nitrogens is 4. The second-order valence-corrected chi connectivity index (χ2v) is 8.04. The van der Waals surface area contributed by atoms with Crippen molar-refractivity contribution < 1.29 is 13.0 Å². The minimum atomic E-state index is -3.71. The zero-order valence-electron chi connectivity index (χ0n) is 13.6. The molecule has 3 heterocycles. The summed E-state index contributed by atoms with van der Waals surface area (Å²) in [6.07, 6.45) is 0.587. The molecule has 0 atom stereocenters. The zero-order valence-corrected chi connectivity index (χ0v) is 14.4. The van der Waals surface area contributed by atoms with Crippen LogP contribution in [0.1, 0.15) is 28.1 Å². The Balaban J connectivity index is 1.85.